The predicted octanol–water partition coefficient (Wildman–Crippen LogP) is 5.90. The molecule has 0 saturated carbocycles. The van der Waals surface area contributed by atoms with E-state index < -0.39 is 18.2 Å². The fraction of sp³-hybridized carbons (Fsp3) is 0.286. The molecule has 1 fully saturated rings. The third kappa shape index (κ3) is 6.09. The van der Waals surface area contributed by atoms with Crippen molar-refractivity contribution < 1.29 is 22.3 Å². The van der Waals surface area contributed by atoms with Gasteiger partial charge in [0.15, 0.2) is 0 Å². The van der Waals surface area contributed by atoms with Crippen molar-refractivity contribution >= 4 is 29.7 Å². The topological polar surface area (TPSA) is 118 Å². The minimum atomic E-state index is -2.79. The van der Waals surface area contributed by atoms with Crippen LogP contribution in [0.25, 0.3) is 22.4 Å². The van der Waals surface area contributed by atoms with Crippen LogP contribution in [-0.4, -0.2) is 46.0 Å². The molecule has 220 valence electrons. The van der Waals surface area contributed by atoms with Crippen molar-refractivity contribution in [2.24, 2.45) is 11.7 Å². The van der Waals surface area contributed by atoms with Gasteiger partial charge in [-0.05, 0) is 24.5 Å². The first kappa shape index (κ1) is 30.5. The van der Waals surface area contributed by atoms with Crippen LogP contribution < -0.4 is 20.7 Å². The number of pyridine rings is 2. The van der Waals surface area contributed by atoms with Crippen molar-refractivity contribution in [3.63, 3.8) is 0 Å². The van der Waals surface area contributed by atoms with Crippen LogP contribution in [0.3, 0.4) is 0 Å². The standard InChI is InChI=1S/C28H26F4N8O.ClH/c1-15-5-6-39(14-21(15)34)22-9-25(35-12-19(22)17-11-36-40(13-17)28(31)32)37-24-4-3-16(10-33)27(38-24)26-20(30)7-18(29)8-23(26)41-2;/h3-4,7-9,11-13,15,21,28H,5-6,14,34H2,1-2H3,(H,35,37,38);1H/t15-,21-;/m1./s1. The van der Waals surface area contributed by atoms with Gasteiger partial charge in [0.25, 0.3) is 0 Å². The number of methoxy groups -OCH3 is 1. The lowest BCUT2D eigenvalue weighted by molar-refractivity contribution is 0.0566. The van der Waals surface area contributed by atoms with E-state index in [1.54, 1.807) is 12.3 Å². The highest BCUT2D eigenvalue weighted by Crippen LogP contribution is 2.37. The summed E-state index contributed by atoms with van der Waals surface area (Å²) in [5.41, 5.74) is 7.97. The molecule has 1 saturated heterocycles. The Morgan fingerprint density at radius 2 is 1.95 bits per heavy atom. The highest BCUT2D eigenvalue weighted by Gasteiger charge is 2.26. The van der Waals surface area contributed by atoms with Crippen molar-refractivity contribution in [1.82, 2.24) is 19.7 Å². The number of ether oxygens (including phenoxy) is 1. The second kappa shape index (κ2) is 12.6. The first-order valence-electron chi connectivity index (χ1n) is 12.7. The van der Waals surface area contributed by atoms with E-state index in [2.05, 4.69) is 32.2 Å². The molecule has 1 aliphatic heterocycles. The SMILES string of the molecule is COc1cc(F)cc(F)c1-c1nc(Nc2cc(N3CC[C@@H](C)[C@H](N)C3)c(-c3cnn(C(F)F)c3)cn2)ccc1C#N.Cl. The van der Waals surface area contributed by atoms with Crippen LogP contribution in [0.5, 0.6) is 5.75 Å². The fourth-order valence-corrected chi connectivity index (χ4v) is 4.78. The molecule has 3 aromatic heterocycles. The highest BCUT2D eigenvalue weighted by atomic mass is 35.5. The molecule has 4 aromatic rings. The molecule has 14 heteroatoms. The van der Waals surface area contributed by atoms with Crippen LogP contribution in [0.15, 0.2) is 48.9 Å². The molecule has 1 aliphatic rings. The van der Waals surface area contributed by atoms with Crippen molar-refractivity contribution in [2.75, 3.05) is 30.4 Å². The van der Waals surface area contributed by atoms with Crippen LogP contribution >= 0.6 is 12.4 Å². The zero-order valence-electron chi connectivity index (χ0n) is 22.6. The van der Waals surface area contributed by atoms with Gasteiger partial charge in [0.2, 0.25) is 0 Å². The fourth-order valence-electron chi connectivity index (χ4n) is 4.78. The van der Waals surface area contributed by atoms with Gasteiger partial charge in [-0.15, -0.1) is 12.4 Å². The van der Waals surface area contributed by atoms with Gasteiger partial charge in [0.05, 0.1) is 30.1 Å². The second-order valence-electron chi connectivity index (χ2n) is 9.74. The summed E-state index contributed by atoms with van der Waals surface area (Å²) < 4.78 is 60.9. The lowest BCUT2D eigenvalue weighted by Gasteiger charge is -2.37. The average Bonchev–Trinajstić information content (AvgIpc) is 3.45. The summed E-state index contributed by atoms with van der Waals surface area (Å²) >= 11 is 0. The number of nitrogens with zero attached hydrogens (tertiary/aromatic N) is 6. The Morgan fingerprint density at radius 1 is 1.17 bits per heavy atom. The van der Waals surface area contributed by atoms with E-state index >= 15 is 0 Å². The number of aromatic nitrogens is 4. The van der Waals surface area contributed by atoms with E-state index in [9.17, 15) is 22.8 Å². The van der Waals surface area contributed by atoms with Crippen molar-refractivity contribution in [1.29, 1.82) is 5.26 Å². The summed E-state index contributed by atoms with van der Waals surface area (Å²) in [7, 11) is 1.26. The quantitative estimate of drug-likeness (QED) is 0.251. The summed E-state index contributed by atoms with van der Waals surface area (Å²) in [6.45, 7) is 0.537. The molecular formula is C28H27ClF4N8O. The van der Waals surface area contributed by atoms with Gasteiger partial charge in [-0.3, -0.25) is 0 Å². The van der Waals surface area contributed by atoms with E-state index in [0.29, 0.717) is 52.4 Å². The van der Waals surface area contributed by atoms with E-state index in [4.69, 9.17) is 10.5 Å². The van der Waals surface area contributed by atoms with E-state index in [0.717, 1.165) is 12.5 Å². The van der Waals surface area contributed by atoms with Crippen LogP contribution in [0.1, 0.15) is 25.5 Å². The second-order valence-corrected chi connectivity index (χ2v) is 9.74. The Labute approximate surface area is 245 Å². The third-order valence-corrected chi connectivity index (χ3v) is 7.10. The van der Waals surface area contributed by atoms with Crippen LogP contribution in [0, 0.1) is 28.9 Å². The number of piperidine rings is 1. The summed E-state index contributed by atoms with van der Waals surface area (Å²) in [4.78, 5) is 11.0. The summed E-state index contributed by atoms with van der Waals surface area (Å²) in [5.74, 6) is -0.988. The molecule has 4 heterocycles. The maximum atomic E-state index is 14.9. The molecule has 42 heavy (non-hydrogen) atoms. The van der Waals surface area contributed by atoms with Gasteiger partial charge in [-0.25, -0.2) is 23.4 Å². The molecular weight excluding hydrogens is 576 g/mol. The number of hydrogen-bond acceptors (Lipinski definition) is 8. The minimum Gasteiger partial charge on any atom is -0.496 e. The van der Waals surface area contributed by atoms with Crippen molar-refractivity contribution in [3.8, 4) is 34.2 Å². The average molecular weight is 603 g/mol. The largest absolute Gasteiger partial charge is 0.496 e. The van der Waals surface area contributed by atoms with Gasteiger partial charge in [0.1, 0.15) is 35.1 Å². The first-order chi connectivity index (χ1) is 19.7. The van der Waals surface area contributed by atoms with E-state index in [1.165, 1.54) is 31.6 Å². The monoisotopic (exact) mass is 602 g/mol. The first-order valence-corrected chi connectivity index (χ1v) is 12.7. The lowest BCUT2D eigenvalue weighted by Crippen LogP contribution is -2.47. The number of alkyl halides is 2. The normalized spacial score (nSPS) is 16.6. The molecule has 2 atom stereocenters. The maximum Gasteiger partial charge on any atom is 0.333 e. The predicted molar refractivity (Wildman–Crippen MR) is 152 cm³/mol. The van der Waals surface area contributed by atoms with Gasteiger partial charge in [-0.1, -0.05) is 6.92 Å². The highest BCUT2D eigenvalue weighted by molar-refractivity contribution is 5.85. The van der Waals surface area contributed by atoms with Crippen molar-refractivity contribution in [3.05, 3.63) is 66.1 Å². The van der Waals surface area contributed by atoms with Gasteiger partial charge in [0, 0.05) is 66.5 Å². The Balaban J connectivity index is 0.00000405. The van der Waals surface area contributed by atoms with Crippen LogP contribution in [0.4, 0.5) is 34.9 Å². The summed E-state index contributed by atoms with van der Waals surface area (Å²) in [6, 6.07) is 8.30. The number of benzene rings is 1. The van der Waals surface area contributed by atoms with E-state index in [1.807, 2.05) is 6.07 Å². The molecule has 0 unspecified atom stereocenters. The van der Waals surface area contributed by atoms with Gasteiger partial charge in [-0.2, -0.15) is 19.1 Å². The Kier molecular flexibility index (Phi) is 9.18. The molecule has 5 rings (SSSR count). The minimum absolute atomic E-state index is 0. The molecule has 1 aromatic carbocycles. The third-order valence-electron chi connectivity index (χ3n) is 7.10. The number of anilines is 3. The van der Waals surface area contributed by atoms with Crippen LogP contribution in [-0.2, 0) is 0 Å². The summed E-state index contributed by atoms with van der Waals surface area (Å²) in [5, 5.41) is 16.5. The number of rotatable bonds is 7. The zero-order chi connectivity index (χ0) is 29.3. The number of hydrogen-bond donors (Lipinski definition) is 2. The molecule has 9 nitrogen and oxygen atoms in total. The lowest BCUT2D eigenvalue weighted by atomic mass is 9.93. The Bertz CT molecular complexity index is 1630. The molecule has 0 radical (unpaired) electrons. The molecule has 0 bridgehead atoms. The molecule has 0 amide bonds. The zero-order valence-corrected chi connectivity index (χ0v) is 23.4. The maximum absolute atomic E-state index is 14.9. The Morgan fingerprint density at radius 3 is 2.62 bits per heavy atom. The number of halogens is 5. The molecule has 0 spiro atoms. The number of nitrogens with one attached hydrogen (secondary N) is 1. The van der Waals surface area contributed by atoms with Crippen LogP contribution in [0.2, 0.25) is 0 Å². The van der Waals surface area contributed by atoms with Gasteiger partial charge < -0.3 is 20.7 Å². The van der Waals surface area contributed by atoms with Gasteiger partial charge >= 0.3 is 6.55 Å². The van der Waals surface area contributed by atoms with Crippen molar-refractivity contribution in [2.45, 2.75) is 25.9 Å². The number of nitriles is 1. The smallest absolute Gasteiger partial charge is 0.333 e. The van der Waals surface area contributed by atoms with E-state index in [-0.39, 0.29) is 46.8 Å². The Hall–Kier alpha value is -4.41. The molecule has 3 N–H and O–H groups in total. The number of nitrogens with two attached hydrogens (primary N) is 1. The molecule has 0 aliphatic carbocycles. The summed E-state index contributed by atoms with van der Waals surface area (Å²) in [6.07, 6.45) is 4.99.